The van der Waals surface area contributed by atoms with Crippen LogP contribution >= 0.6 is 23.2 Å². The molecule has 4 saturated heterocycles. The van der Waals surface area contributed by atoms with Crippen molar-refractivity contribution in [2.45, 2.75) is 88.5 Å². The van der Waals surface area contributed by atoms with E-state index < -0.39 is 41.0 Å². The summed E-state index contributed by atoms with van der Waals surface area (Å²) in [5, 5.41) is 16.3. The van der Waals surface area contributed by atoms with Crippen molar-refractivity contribution in [2.75, 3.05) is 57.1 Å². The van der Waals surface area contributed by atoms with Gasteiger partial charge >= 0.3 is 0 Å². The van der Waals surface area contributed by atoms with E-state index in [0.29, 0.717) is 78.3 Å². The zero-order valence-corrected chi connectivity index (χ0v) is 42.1. The molecule has 1 spiro atoms. The van der Waals surface area contributed by atoms with E-state index in [-0.39, 0.29) is 71.2 Å². The number of rotatable bonds is 10. The Bertz CT molecular complexity index is 2930. The van der Waals surface area contributed by atoms with Crippen LogP contribution in [0, 0.1) is 34.9 Å². The van der Waals surface area contributed by atoms with Gasteiger partial charge in [0.2, 0.25) is 17.7 Å². The van der Waals surface area contributed by atoms with Crippen molar-refractivity contribution in [1.82, 2.24) is 25.8 Å². The molecule has 0 aliphatic carbocycles. The second-order valence-corrected chi connectivity index (χ2v) is 22.0. The number of nitrogens with one attached hydrogen (secondary N) is 5. The van der Waals surface area contributed by atoms with E-state index in [1.807, 2.05) is 24.3 Å². The van der Waals surface area contributed by atoms with Gasteiger partial charge in [-0.3, -0.25) is 34.2 Å². The molecule has 5 amide bonds. The second kappa shape index (κ2) is 19.8. The highest BCUT2D eigenvalue weighted by atomic mass is 35.5. The van der Waals surface area contributed by atoms with Crippen LogP contribution in [0.1, 0.15) is 95.3 Å². The number of anilines is 2. The predicted molar refractivity (Wildman–Crippen MR) is 272 cm³/mol. The number of ether oxygens (including phenoxy) is 2. The Morgan fingerprint density at radius 3 is 2.57 bits per heavy atom. The third kappa shape index (κ3) is 9.32. The van der Waals surface area contributed by atoms with Crippen molar-refractivity contribution in [3.05, 3.63) is 122 Å². The molecule has 7 atom stereocenters. The van der Waals surface area contributed by atoms with Crippen molar-refractivity contribution in [3.63, 3.8) is 0 Å². The summed E-state index contributed by atoms with van der Waals surface area (Å²) in [5.41, 5.74) is 3.78. The minimum Gasteiger partial charge on any atom is -0.495 e. The number of piperidine rings is 2. The maximum atomic E-state index is 16.4. The Labute approximate surface area is 428 Å². The molecule has 72 heavy (non-hydrogen) atoms. The van der Waals surface area contributed by atoms with Gasteiger partial charge in [-0.05, 0) is 96.4 Å². The number of hydrogen-bond donors (Lipinski definition) is 5. The first-order valence-electron chi connectivity index (χ1n) is 24.6. The zero-order chi connectivity index (χ0) is 50.6. The van der Waals surface area contributed by atoms with Gasteiger partial charge in [0.1, 0.15) is 17.6 Å². The van der Waals surface area contributed by atoms with Gasteiger partial charge in [0.05, 0.1) is 43.1 Å². The lowest BCUT2D eigenvalue weighted by Gasteiger charge is -2.44. The van der Waals surface area contributed by atoms with E-state index in [1.54, 1.807) is 42.5 Å². The average Bonchev–Trinajstić information content (AvgIpc) is 3.98. The van der Waals surface area contributed by atoms with Crippen molar-refractivity contribution in [3.8, 4) is 17.6 Å². The Morgan fingerprint density at radius 2 is 1.82 bits per heavy atom. The zero-order valence-electron chi connectivity index (χ0n) is 40.6. The number of imide groups is 1. The third-order valence-electron chi connectivity index (χ3n) is 15.5. The van der Waals surface area contributed by atoms with Crippen LogP contribution in [-0.2, 0) is 31.1 Å². The fraction of sp³-hybridized carbons (Fsp3) is 0.436. The molecule has 17 heteroatoms. The molecule has 0 radical (unpaired) electrons. The lowest BCUT2D eigenvalue weighted by atomic mass is 9.63. The Hall–Kier alpha value is -6.02. The molecule has 6 heterocycles. The highest BCUT2D eigenvalue weighted by Crippen LogP contribution is 2.57. The van der Waals surface area contributed by atoms with E-state index in [9.17, 15) is 24.0 Å². The second-order valence-electron chi connectivity index (χ2n) is 21.1. The number of likely N-dealkylation sites (tertiary alicyclic amines) is 1. The molecule has 10 rings (SSSR count). The topological polar surface area (TPSA) is 170 Å². The molecule has 14 nitrogen and oxygen atoms in total. The van der Waals surface area contributed by atoms with Crippen LogP contribution in [0.25, 0.3) is 0 Å². The number of benzene rings is 4. The number of halogens is 3. The molecule has 376 valence electrons. The van der Waals surface area contributed by atoms with Crippen LogP contribution in [0.4, 0.5) is 15.8 Å². The van der Waals surface area contributed by atoms with Crippen molar-refractivity contribution in [1.29, 1.82) is 0 Å². The number of nitrogens with zero attached hydrogens (tertiary/aromatic N) is 2. The predicted octanol–water partition coefficient (Wildman–Crippen LogP) is 6.88. The Morgan fingerprint density at radius 1 is 1.01 bits per heavy atom. The van der Waals surface area contributed by atoms with E-state index >= 15 is 4.39 Å². The van der Waals surface area contributed by atoms with Gasteiger partial charge in [-0.1, -0.05) is 80.1 Å². The summed E-state index contributed by atoms with van der Waals surface area (Å²) in [6.45, 7) is 10.2. The summed E-state index contributed by atoms with van der Waals surface area (Å²) < 4.78 is 27.7. The summed E-state index contributed by atoms with van der Waals surface area (Å²) in [7, 11) is 1.47. The van der Waals surface area contributed by atoms with E-state index in [2.05, 4.69) is 64.1 Å². The third-order valence-corrected chi connectivity index (χ3v) is 16.0. The number of methoxy groups -OCH3 is 1. The fourth-order valence-corrected chi connectivity index (χ4v) is 12.2. The van der Waals surface area contributed by atoms with Crippen LogP contribution in [0.5, 0.6) is 5.75 Å². The summed E-state index contributed by atoms with van der Waals surface area (Å²) in [6.07, 6.45) is 1.87. The molecule has 6 aliphatic rings. The molecule has 4 aromatic carbocycles. The number of fused-ring (bicyclic) bond motifs is 3. The van der Waals surface area contributed by atoms with Crippen LogP contribution < -0.4 is 31.3 Å². The Balaban J connectivity index is 0.872. The van der Waals surface area contributed by atoms with Gasteiger partial charge in [-0.2, -0.15) is 0 Å². The minimum atomic E-state index is -0.920. The Kier molecular flexibility index (Phi) is 13.6. The van der Waals surface area contributed by atoms with Gasteiger partial charge in [0.25, 0.3) is 11.8 Å². The molecular weight excluding hydrogens is 961 g/mol. The van der Waals surface area contributed by atoms with E-state index in [1.165, 1.54) is 18.1 Å². The maximum absolute atomic E-state index is 16.4. The molecular formula is C55H58Cl2FN7O7. The van der Waals surface area contributed by atoms with Crippen LogP contribution in [-0.4, -0.2) is 110 Å². The van der Waals surface area contributed by atoms with Crippen molar-refractivity contribution < 1.29 is 37.8 Å². The lowest BCUT2D eigenvalue weighted by Crippen LogP contribution is -2.55. The van der Waals surface area contributed by atoms with E-state index in [4.69, 9.17) is 32.7 Å². The highest BCUT2D eigenvalue weighted by molar-refractivity contribution is 6.31. The number of amides is 5. The van der Waals surface area contributed by atoms with Crippen molar-refractivity contribution >= 4 is 64.1 Å². The standard InChI is InChI=1S/C55H58Cl2FN7O7/c1-54(2,3)23-45-55(29-60-42-22-34(56)14-15-39(42)55)47(37-9-6-10-40(57)48(37)58)49(62-45)52(69)61-41-16-13-32(21-44(41)71-4)50(67)59-24-33-25-64(35-27-72-28-35)20-19-30(33)11-12-31-7-5-8-36-38(31)26-65(53(36)70)43-17-18-46(66)63-51(43)68/h5-10,13-16,21-22,30,33,35,43,45,47,49,60,62H,17-20,23-29H2,1-4H3,(H,59,67)(H,61,69)(H,63,66,68)/t30-,33-,43?,45-,47-,49+,55-/m0/s1. The van der Waals surface area contributed by atoms with Gasteiger partial charge in [-0.25, -0.2) is 4.39 Å². The van der Waals surface area contributed by atoms with Gasteiger partial charge in [0.15, 0.2) is 0 Å². The normalized spacial score (nSPS) is 26.0. The maximum Gasteiger partial charge on any atom is 0.255 e. The highest BCUT2D eigenvalue weighted by Gasteiger charge is 2.61. The van der Waals surface area contributed by atoms with Crippen molar-refractivity contribution in [2.24, 2.45) is 17.3 Å². The molecule has 0 bridgehead atoms. The molecule has 4 fully saturated rings. The number of carbonyl (C=O) groups excluding carboxylic acids is 5. The SMILES string of the molecule is COc1cc(C(=O)NC[C@H]2CN(C3COC3)CC[C@@H]2C#Cc2cccc3c2CN(C2CCC(=O)NC2=O)C3=O)ccc1NC(=O)[C@@H]1N[C@@H](CC(C)(C)C)[C@@]2(CNc3cc(Cl)ccc32)[C@H]1c1cccc(Cl)c1F. The number of hydrogen-bond acceptors (Lipinski definition) is 10. The lowest BCUT2D eigenvalue weighted by molar-refractivity contribution is -0.137. The molecule has 4 aromatic rings. The first-order valence-corrected chi connectivity index (χ1v) is 25.4. The van der Waals surface area contributed by atoms with E-state index in [0.717, 1.165) is 29.8 Å². The smallest absolute Gasteiger partial charge is 0.255 e. The minimum absolute atomic E-state index is 0.0356. The average molecular weight is 1020 g/mol. The van der Waals surface area contributed by atoms with Gasteiger partial charge in [-0.15, -0.1) is 0 Å². The molecule has 0 saturated carbocycles. The summed E-state index contributed by atoms with van der Waals surface area (Å²) >= 11 is 12.9. The summed E-state index contributed by atoms with van der Waals surface area (Å²) in [5.74, 6) is 3.94. The molecule has 5 N–H and O–H groups in total. The fourth-order valence-electron chi connectivity index (χ4n) is 11.8. The van der Waals surface area contributed by atoms with Gasteiger partial charge < -0.3 is 35.6 Å². The summed E-state index contributed by atoms with van der Waals surface area (Å²) in [6, 6.07) is 19.3. The largest absolute Gasteiger partial charge is 0.495 e. The quantitative estimate of drug-likeness (QED) is 0.0834. The molecule has 6 aliphatic heterocycles. The van der Waals surface area contributed by atoms with Gasteiger partial charge in [0, 0.05) is 89.2 Å². The van der Waals surface area contributed by atoms with Crippen LogP contribution in [0.3, 0.4) is 0 Å². The van der Waals surface area contributed by atoms with Crippen LogP contribution in [0.2, 0.25) is 10.0 Å². The monoisotopic (exact) mass is 1020 g/mol. The molecule has 0 aromatic heterocycles. The van der Waals surface area contributed by atoms with Crippen LogP contribution in [0.15, 0.2) is 72.8 Å². The molecule has 1 unspecified atom stereocenters. The summed E-state index contributed by atoms with van der Waals surface area (Å²) in [4.78, 5) is 70.9. The first-order chi connectivity index (χ1) is 34.5. The number of carbonyl (C=O) groups is 5. The first kappa shape index (κ1) is 49.6.